The Morgan fingerprint density at radius 1 is 1.75 bits per heavy atom. The van der Waals surface area contributed by atoms with Gasteiger partial charge in [0.1, 0.15) is 0 Å². The van der Waals surface area contributed by atoms with Gasteiger partial charge in [0, 0.05) is 6.04 Å². The highest BCUT2D eigenvalue weighted by molar-refractivity contribution is 4.97. The first-order chi connectivity index (χ1) is 3.66. The smallest absolute Gasteiger partial charge is 0.00475 e. The zero-order valence-electron chi connectivity index (χ0n) is 5.94. The van der Waals surface area contributed by atoms with Crippen LogP contribution in [0.5, 0.6) is 0 Å². The van der Waals surface area contributed by atoms with Gasteiger partial charge in [0.05, 0.1) is 0 Å². The second kappa shape index (κ2) is 3.67. The van der Waals surface area contributed by atoms with Crippen molar-refractivity contribution in [3.63, 3.8) is 0 Å². The Balaban J connectivity index is 3.39. The molecule has 2 N–H and O–H groups in total. The fourth-order valence-electron chi connectivity index (χ4n) is 0.626. The molecule has 0 bridgehead atoms. The molecule has 8 heavy (non-hydrogen) atoms. The molecule has 1 heteroatoms. The number of nitrogens with two attached hydrogens (primary N) is 1. The quantitative estimate of drug-likeness (QED) is 0.542. The minimum Gasteiger partial charge on any atom is -0.328 e. The van der Waals surface area contributed by atoms with E-state index < -0.39 is 0 Å². The molecule has 0 fully saturated rings. The normalized spacial score (nSPS) is 16.2. The van der Waals surface area contributed by atoms with Gasteiger partial charge in [-0.15, -0.1) is 0 Å². The third-order valence-electron chi connectivity index (χ3n) is 1.14. The topological polar surface area (TPSA) is 26.0 Å². The van der Waals surface area contributed by atoms with Crippen molar-refractivity contribution in [3.05, 3.63) is 11.6 Å². The van der Waals surface area contributed by atoms with E-state index in [9.17, 15) is 0 Å². The molecule has 0 rings (SSSR count). The van der Waals surface area contributed by atoms with E-state index in [2.05, 4.69) is 13.0 Å². The molecule has 0 aliphatic rings. The summed E-state index contributed by atoms with van der Waals surface area (Å²) < 4.78 is 0. The molecule has 0 spiro atoms. The maximum atomic E-state index is 5.53. The molecule has 0 aliphatic carbocycles. The first kappa shape index (κ1) is 7.70. The van der Waals surface area contributed by atoms with Gasteiger partial charge in [-0.3, -0.25) is 0 Å². The third-order valence-corrected chi connectivity index (χ3v) is 1.14. The van der Waals surface area contributed by atoms with Gasteiger partial charge in [0.25, 0.3) is 0 Å². The SMILES string of the molecule is C/C=C(\C)C[C@@H](C)N. The standard InChI is InChI=1S/C7H15N/c1-4-6(2)5-7(3)8/h4,7H,5,8H2,1-3H3/b6-4+/t7-/m1/s1. The Bertz CT molecular complexity index is 82.4. The van der Waals surface area contributed by atoms with Gasteiger partial charge in [-0.25, -0.2) is 0 Å². The largest absolute Gasteiger partial charge is 0.328 e. The van der Waals surface area contributed by atoms with Crippen LogP contribution in [0.25, 0.3) is 0 Å². The molecular formula is C7H15N. The van der Waals surface area contributed by atoms with E-state index in [0.717, 1.165) is 6.42 Å². The predicted octanol–water partition coefficient (Wildman–Crippen LogP) is 1.69. The minimum absolute atomic E-state index is 0.311. The first-order valence-corrected chi connectivity index (χ1v) is 3.04. The molecule has 0 aromatic rings. The van der Waals surface area contributed by atoms with Crippen LogP contribution in [0, 0.1) is 0 Å². The van der Waals surface area contributed by atoms with Crippen molar-refractivity contribution in [3.8, 4) is 0 Å². The van der Waals surface area contributed by atoms with Crippen molar-refractivity contribution in [2.24, 2.45) is 5.73 Å². The van der Waals surface area contributed by atoms with Crippen LogP contribution in [0.4, 0.5) is 0 Å². The van der Waals surface area contributed by atoms with Crippen molar-refractivity contribution in [1.29, 1.82) is 0 Å². The van der Waals surface area contributed by atoms with Crippen LogP contribution in [-0.4, -0.2) is 6.04 Å². The molecule has 0 saturated heterocycles. The van der Waals surface area contributed by atoms with Crippen LogP contribution in [0.2, 0.25) is 0 Å². The van der Waals surface area contributed by atoms with Gasteiger partial charge in [0.15, 0.2) is 0 Å². The fourth-order valence-corrected chi connectivity index (χ4v) is 0.626. The van der Waals surface area contributed by atoms with Crippen LogP contribution in [0.15, 0.2) is 11.6 Å². The highest BCUT2D eigenvalue weighted by atomic mass is 14.6. The second-order valence-electron chi connectivity index (χ2n) is 2.32. The molecule has 0 aliphatic heterocycles. The molecule has 1 nitrogen and oxygen atoms in total. The molecular weight excluding hydrogens is 98.1 g/mol. The summed E-state index contributed by atoms with van der Waals surface area (Å²) in [5, 5.41) is 0. The first-order valence-electron chi connectivity index (χ1n) is 3.04. The molecule has 0 heterocycles. The summed E-state index contributed by atoms with van der Waals surface area (Å²) in [4.78, 5) is 0. The van der Waals surface area contributed by atoms with Crippen LogP contribution in [-0.2, 0) is 0 Å². The Kier molecular flexibility index (Phi) is 3.53. The van der Waals surface area contributed by atoms with Crippen molar-refractivity contribution in [2.75, 3.05) is 0 Å². The van der Waals surface area contributed by atoms with Gasteiger partial charge in [-0.05, 0) is 27.2 Å². The molecule has 0 aromatic heterocycles. The predicted molar refractivity (Wildman–Crippen MR) is 37.7 cm³/mol. The molecule has 0 radical (unpaired) electrons. The average molecular weight is 113 g/mol. The lowest BCUT2D eigenvalue weighted by Crippen LogP contribution is -2.14. The van der Waals surface area contributed by atoms with Gasteiger partial charge in [0.2, 0.25) is 0 Å². The summed E-state index contributed by atoms with van der Waals surface area (Å²) in [6.07, 6.45) is 3.12. The Morgan fingerprint density at radius 3 is 2.38 bits per heavy atom. The Morgan fingerprint density at radius 2 is 2.25 bits per heavy atom. The minimum atomic E-state index is 0.311. The van der Waals surface area contributed by atoms with Crippen molar-refractivity contribution in [1.82, 2.24) is 0 Å². The average Bonchev–Trinajstić information content (AvgIpc) is 1.65. The lowest BCUT2D eigenvalue weighted by molar-refractivity contribution is 0.730. The van der Waals surface area contributed by atoms with Gasteiger partial charge < -0.3 is 5.73 Å². The monoisotopic (exact) mass is 113 g/mol. The fraction of sp³-hybridized carbons (Fsp3) is 0.714. The van der Waals surface area contributed by atoms with Gasteiger partial charge >= 0.3 is 0 Å². The molecule has 1 atom stereocenters. The van der Waals surface area contributed by atoms with Crippen LogP contribution >= 0.6 is 0 Å². The lowest BCUT2D eigenvalue weighted by Gasteiger charge is -2.02. The van der Waals surface area contributed by atoms with E-state index in [1.54, 1.807) is 0 Å². The second-order valence-corrected chi connectivity index (χ2v) is 2.32. The summed E-state index contributed by atoms with van der Waals surface area (Å²) in [6, 6.07) is 0.311. The summed E-state index contributed by atoms with van der Waals surface area (Å²) in [6.45, 7) is 6.16. The molecule has 0 unspecified atom stereocenters. The Hall–Kier alpha value is -0.300. The number of hydrogen-bond acceptors (Lipinski definition) is 1. The molecule has 0 aromatic carbocycles. The molecule has 0 saturated carbocycles. The van der Waals surface area contributed by atoms with E-state index in [1.165, 1.54) is 5.57 Å². The van der Waals surface area contributed by atoms with Crippen LogP contribution in [0.1, 0.15) is 27.2 Å². The molecule has 0 amide bonds. The summed E-state index contributed by atoms with van der Waals surface area (Å²) in [5.41, 5.74) is 6.90. The lowest BCUT2D eigenvalue weighted by atomic mass is 10.1. The van der Waals surface area contributed by atoms with Crippen molar-refractivity contribution >= 4 is 0 Å². The van der Waals surface area contributed by atoms with E-state index in [0.29, 0.717) is 6.04 Å². The van der Waals surface area contributed by atoms with E-state index in [4.69, 9.17) is 5.73 Å². The van der Waals surface area contributed by atoms with Gasteiger partial charge in [-0.1, -0.05) is 11.6 Å². The third kappa shape index (κ3) is 3.88. The zero-order chi connectivity index (χ0) is 6.57. The van der Waals surface area contributed by atoms with Crippen LogP contribution in [0.3, 0.4) is 0 Å². The Labute approximate surface area is 51.6 Å². The van der Waals surface area contributed by atoms with E-state index >= 15 is 0 Å². The number of allylic oxidation sites excluding steroid dienone is 1. The highest BCUT2D eigenvalue weighted by Crippen LogP contribution is 2.00. The maximum Gasteiger partial charge on any atom is 0.00475 e. The summed E-state index contributed by atoms with van der Waals surface area (Å²) in [5.74, 6) is 0. The highest BCUT2D eigenvalue weighted by Gasteiger charge is 1.92. The zero-order valence-corrected chi connectivity index (χ0v) is 5.94. The van der Waals surface area contributed by atoms with E-state index in [-0.39, 0.29) is 0 Å². The number of rotatable bonds is 2. The summed E-state index contributed by atoms with van der Waals surface area (Å²) >= 11 is 0. The van der Waals surface area contributed by atoms with Gasteiger partial charge in [-0.2, -0.15) is 0 Å². The number of hydrogen-bond donors (Lipinski definition) is 1. The van der Waals surface area contributed by atoms with Crippen LogP contribution < -0.4 is 5.73 Å². The maximum absolute atomic E-state index is 5.53. The van der Waals surface area contributed by atoms with E-state index in [1.807, 2.05) is 13.8 Å². The molecule has 48 valence electrons. The summed E-state index contributed by atoms with van der Waals surface area (Å²) in [7, 11) is 0. The van der Waals surface area contributed by atoms with Crippen molar-refractivity contribution in [2.45, 2.75) is 33.2 Å². The van der Waals surface area contributed by atoms with Crippen molar-refractivity contribution < 1.29 is 0 Å².